The minimum Gasteiger partial charge on any atom is -0.368 e. The summed E-state index contributed by atoms with van der Waals surface area (Å²) in [5.41, 5.74) is 0. The molecule has 3 rings (SSSR count). The summed E-state index contributed by atoms with van der Waals surface area (Å²) in [6.07, 6.45) is 1.76. The first-order valence-electron chi connectivity index (χ1n) is 7.02. The van der Waals surface area contributed by atoms with Crippen LogP contribution in [0.15, 0.2) is 0 Å². The van der Waals surface area contributed by atoms with E-state index in [1.807, 2.05) is 0 Å². The molecular weight excluding hydrogens is 262 g/mol. The van der Waals surface area contributed by atoms with E-state index in [2.05, 4.69) is 5.32 Å². The fraction of sp³-hybridized carbons (Fsp3) is 0.769. The number of piperazine rings is 1. The van der Waals surface area contributed by atoms with Crippen LogP contribution in [0.4, 0.5) is 0 Å². The van der Waals surface area contributed by atoms with Gasteiger partial charge in [-0.05, 0) is 19.3 Å². The van der Waals surface area contributed by atoms with Gasteiger partial charge in [0.2, 0.25) is 17.7 Å². The van der Waals surface area contributed by atoms with Gasteiger partial charge in [-0.15, -0.1) is 0 Å². The summed E-state index contributed by atoms with van der Waals surface area (Å²) in [5, 5.41) is 2.90. The minimum atomic E-state index is -0.420. The van der Waals surface area contributed by atoms with Gasteiger partial charge in [0.05, 0.1) is 6.54 Å². The molecule has 0 aromatic rings. The van der Waals surface area contributed by atoms with Gasteiger partial charge in [0.15, 0.2) is 0 Å². The Balaban J connectivity index is 1.62. The van der Waals surface area contributed by atoms with Gasteiger partial charge in [-0.3, -0.25) is 14.4 Å². The molecule has 0 spiro atoms. The summed E-state index contributed by atoms with van der Waals surface area (Å²) in [4.78, 5) is 39.0. The van der Waals surface area contributed by atoms with Crippen molar-refractivity contribution in [2.24, 2.45) is 0 Å². The Bertz CT molecular complexity index is 447. The Kier molecular flexibility index (Phi) is 3.37. The van der Waals surface area contributed by atoms with Gasteiger partial charge in [-0.2, -0.15) is 0 Å². The Morgan fingerprint density at radius 3 is 2.90 bits per heavy atom. The lowest BCUT2D eigenvalue weighted by Gasteiger charge is -2.33. The monoisotopic (exact) mass is 281 g/mol. The zero-order valence-electron chi connectivity index (χ0n) is 11.5. The summed E-state index contributed by atoms with van der Waals surface area (Å²) < 4.78 is 5.34. The second-order valence-corrected chi connectivity index (χ2v) is 5.70. The third kappa shape index (κ3) is 2.26. The third-order valence-corrected chi connectivity index (χ3v) is 4.22. The first-order valence-corrected chi connectivity index (χ1v) is 7.02. The van der Waals surface area contributed by atoms with Crippen LogP contribution in [0.5, 0.6) is 0 Å². The van der Waals surface area contributed by atoms with Crippen LogP contribution in [0.3, 0.4) is 0 Å². The highest BCUT2D eigenvalue weighted by Gasteiger charge is 2.45. The summed E-state index contributed by atoms with van der Waals surface area (Å²) in [6.45, 7) is 1.17. The van der Waals surface area contributed by atoms with Gasteiger partial charge >= 0.3 is 0 Å². The molecule has 20 heavy (non-hydrogen) atoms. The normalized spacial score (nSPS) is 33.5. The molecule has 3 amide bonds. The summed E-state index contributed by atoms with van der Waals surface area (Å²) in [6, 6.07) is -0.577. The van der Waals surface area contributed by atoms with Gasteiger partial charge < -0.3 is 19.9 Å². The van der Waals surface area contributed by atoms with Crippen molar-refractivity contribution in [1.82, 2.24) is 15.1 Å². The van der Waals surface area contributed by atoms with Gasteiger partial charge in [0.1, 0.15) is 12.1 Å². The Labute approximate surface area is 117 Å². The maximum absolute atomic E-state index is 12.0. The number of nitrogens with one attached hydrogen (secondary N) is 1. The van der Waals surface area contributed by atoms with Crippen molar-refractivity contribution in [3.8, 4) is 0 Å². The molecule has 3 fully saturated rings. The quantitative estimate of drug-likeness (QED) is 0.684. The van der Waals surface area contributed by atoms with E-state index in [0.29, 0.717) is 19.6 Å². The van der Waals surface area contributed by atoms with E-state index in [0.717, 1.165) is 12.8 Å². The molecular formula is C13H19N3O4. The average molecular weight is 281 g/mol. The smallest absolute Gasteiger partial charge is 0.249 e. The van der Waals surface area contributed by atoms with Crippen molar-refractivity contribution in [2.75, 3.05) is 26.7 Å². The average Bonchev–Trinajstić information content (AvgIpc) is 3.05. The molecule has 0 aromatic heterocycles. The molecule has 0 aromatic carbocycles. The second-order valence-electron chi connectivity index (χ2n) is 5.70. The van der Waals surface area contributed by atoms with Crippen LogP contribution >= 0.6 is 0 Å². The summed E-state index contributed by atoms with van der Waals surface area (Å²) in [7, 11) is 1.63. The van der Waals surface area contributed by atoms with Crippen LogP contribution in [0.1, 0.15) is 19.3 Å². The SMILES string of the molecule is CN1CC(=O)N2C[C@H](NC(=O)[C@@H]3CCCO3)C[C@H]2C1=O. The topological polar surface area (TPSA) is 79.0 Å². The number of amides is 3. The number of carbonyl (C=O) groups excluding carboxylic acids is 3. The lowest BCUT2D eigenvalue weighted by molar-refractivity contribution is -0.152. The maximum atomic E-state index is 12.0. The second kappa shape index (κ2) is 5.05. The number of hydrogen-bond donors (Lipinski definition) is 1. The van der Waals surface area contributed by atoms with E-state index in [4.69, 9.17) is 4.74 Å². The Morgan fingerprint density at radius 2 is 2.20 bits per heavy atom. The number of likely N-dealkylation sites (N-methyl/N-ethyl adjacent to an activating group) is 1. The van der Waals surface area contributed by atoms with Gasteiger partial charge in [0, 0.05) is 26.2 Å². The number of nitrogens with zero attached hydrogens (tertiary/aromatic N) is 2. The van der Waals surface area contributed by atoms with E-state index in [1.165, 1.54) is 4.90 Å². The first kappa shape index (κ1) is 13.4. The van der Waals surface area contributed by atoms with Crippen molar-refractivity contribution < 1.29 is 19.1 Å². The molecule has 0 saturated carbocycles. The van der Waals surface area contributed by atoms with Crippen molar-refractivity contribution in [3.05, 3.63) is 0 Å². The molecule has 0 aliphatic carbocycles. The highest BCUT2D eigenvalue weighted by molar-refractivity contribution is 5.95. The first-order chi connectivity index (χ1) is 9.56. The van der Waals surface area contributed by atoms with Gasteiger partial charge in [0.25, 0.3) is 0 Å². The zero-order chi connectivity index (χ0) is 14.3. The Morgan fingerprint density at radius 1 is 1.40 bits per heavy atom. The molecule has 3 aliphatic heterocycles. The van der Waals surface area contributed by atoms with Crippen LogP contribution in [-0.2, 0) is 19.1 Å². The standard InChI is InChI=1S/C13H19N3O4/c1-15-7-11(17)16-6-8(5-9(16)13(15)19)14-12(18)10-3-2-4-20-10/h8-10H,2-7H2,1H3,(H,14,18)/t8-,9+,10+/m1/s1. The van der Waals surface area contributed by atoms with E-state index in [1.54, 1.807) is 11.9 Å². The van der Waals surface area contributed by atoms with E-state index < -0.39 is 6.04 Å². The molecule has 3 aliphatic rings. The van der Waals surface area contributed by atoms with Crippen molar-refractivity contribution in [1.29, 1.82) is 0 Å². The zero-order valence-corrected chi connectivity index (χ0v) is 11.5. The van der Waals surface area contributed by atoms with E-state index in [9.17, 15) is 14.4 Å². The predicted octanol–water partition coefficient (Wildman–Crippen LogP) is -1.28. The van der Waals surface area contributed by atoms with E-state index in [-0.39, 0.29) is 36.4 Å². The maximum Gasteiger partial charge on any atom is 0.249 e. The molecule has 7 nitrogen and oxygen atoms in total. The van der Waals surface area contributed by atoms with Crippen LogP contribution in [0.2, 0.25) is 0 Å². The summed E-state index contributed by atoms with van der Waals surface area (Å²) >= 11 is 0. The lowest BCUT2D eigenvalue weighted by Crippen LogP contribution is -2.55. The van der Waals surface area contributed by atoms with Crippen molar-refractivity contribution >= 4 is 17.7 Å². The molecule has 3 atom stereocenters. The number of ether oxygens (including phenoxy) is 1. The number of fused-ring (bicyclic) bond motifs is 1. The molecule has 0 bridgehead atoms. The fourth-order valence-corrected chi connectivity index (χ4v) is 3.15. The van der Waals surface area contributed by atoms with Gasteiger partial charge in [-0.1, -0.05) is 0 Å². The van der Waals surface area contributed by atoms with Crippen molar-refractivity contribution in [2.45, 2.75) is 37.5 Å². The molecule has 1 N–H and O–H groups in total. The molecule has 0 radical (unpaired) electrons. The highest BCUT2D eigenvalue weighted by Crippen LogP contribution is 2.24. The largest absolute Gasteiger partial charge is 0.368 e. The minimum absolute atomic E-state index is 0.0431. The highest BCUT2D eigenvalue weighted by atomic mass is 16.5. The van der Waals surface area contributed by atoms with Crippen molar-refractivity contribution in [3.63, 3.8) is 0 Å². The molecule has 3 saturated heterocycles. The predicted molar refractivity (Wildman–Crippen MR) is 68.7 cm³/mol. The third-order valence-electron chi connectivity index (χ3n) is 4.22. The Hall–Kier alpha value is -1.63. The summed E-state index contributed by atoms with van der Waals surface area (Å²) in [5.74, 6) is -0.218. The number of hydrogen-bond acceptors (Lipinski definition) is 4. The molecule has 3 heterocycles. The van der Waals surface area contributed by atoms with Crippen LogP contribution in [-0.4, -0.2) is 72.5 Å². The molecule has 110 valence electrons. The van der Waals surface area contributed by atoms with Crippen LogP contribution < -0.4 is 5.32 Å². The number of carbonyl (C=O) groups is 3. The molecule has 7 heteroatoms. The number of rotatable bonds is 2. The van der Waals surface area contributed by atoms with Crippen LogP contribution in [0, 0.1) is 0 Å². The lowest BCUT2D eigenvalue weighted by atomic mass is 10.1. The van der Waals surface area contributed by atoms with Gasteiger partial charge in [-0.25, -0.2) is 0 Å². The van der Waals surface area contributed by atoms with Crippen LogP contribution in [0.25, 0.3) is 0 Å². The molecule has 0 unspecified atom stereocenters. The van der Waals surface area contributed by atoms with E-state index >= 15 is 0 Å². The fourth-order valence-electron chi connectivity index (χ4n) is 3.15.